The number of halogens is 3. The molecule has 0 aliphatic rings. The minimum Gasteiger partial charge on any atom is -0.489 e. The summed E-state index contributed by atoms with van der Waals surface area (Å²) in [6.45, 7) is 1.75. The van der Waals surface area contributed by atoms with E-state index in [4.69, 9.17) is 4.74 Å². The average Bonchev–Trinajstić information content (AvgIpc) is 2.57. The standard InChI is InChI=1S/C20H15F3O/c1-13-5-10-17(19(22)11-13)14-6-8-16(9-7-14)24-12-15-3-2-4-18(21)20(15)23/h2-11H,12H2,1H3. The summed E-state index contributed by atoms with van der Waals surface area (Å²) in [6, 6.07) is 15.8. The molecule has 0 fully saturated rings. The van der Waals surface area contributed by atoms with Gasteiger partial charge in [0.15, 0.2) is 11.6 Å². The minimum absolute atomic E-state index is 0.0815. The molecule has 0 saturated heterocycles. The van der Waals surface area contributed by atoms with Gasteiger partial charge in [0.25, 0.3) is 0 Å². The number of aryl methyl sites for hydroxylation is 1. The fourth-order valence-corrected chi connectivity index (χ4v) is 2.41. The Labute approximate surface area is 138 Å². The number of benzene rings is 3. The number of hydrogen-bond acceptors (Lipinski definition) is 1. The van der Waals surface area contributed by atoms with Crippen LogP contribution in [0.2, 0.25) is 0 Å². The third-order valence-electron chi connectivity index (χ3n) is 3.72. The van der Waals surface area contributed by atoms with Gasteiger partial charge in [-0.25, -0.2) is 13.2 Å². The van der Waals surface area contributed by atoms with Crippen molar-refractivity contribution in [3.05, 3.63) is 89.2 Å². The zero-order valence-electron chi connectivity index (χ0n) is 13.0. The van der Waals surface area contributed by atoms with Crippen LogP contribution in [0.25, 0.3) is 11.1 Å². The van der Waals surface area contributed by atoms with Crippen molar-refractivity contribution in [3.63, 3.8) is 0 Å². The third kappa shape index (κ3) is 3.43. The summed E-state index contributed by atoms with van der Waals surface area (Å²) in [5.41, 5.74) is 2.22. The van der Waals surface area contributed by atoms with Crippen molar-refractivity contribution < 1.29 is 17.9 Å². The maximum absolute atomic E-state index is 14.0. The molecule has 0 radical (unpaired) electrons. The topological polar surface area (TPSA) is 9.23 Å². The second-order valence-corrected chi connectivity index (χ2v) is 5.51. The molecule has 4 heteroatoms. The number of hydrogen-bond donors (Lipinski definition) is 0. The van der Waals surface area contributed by atoms with Gasteiger partial charge in [0, 0.05) is 11.1 Å². The highest BCUT2D eigenvalue weighted by atomic mass is 19.2. The molecule has 1 nitrogen and oxygen atoms in total. The Morgan fingerprint density at radius 2 is 1.58 bits per heavy atom. The van der Waals surface area contributed by atoms with Gasteiger partial charge in [0.2, 0.25) is 0 Å². The van der Waals surface area contributed by atoms with E-state index >= 15 is 0 Å². The molecule has 0 bridgehead atoms. The van der Waals surface area contributed by atoms with Gasteiger partial charge in [-0.1, -0.05) is 36.4 Å². The minimum atomic E-state index is -0.907. The van der Waals surface area contributed by atoms with E-state index in [0.29, 0.717) is 11.3 Å². The molecule has 0 unspecified atom stereocenters. The third-order valence-corrected chi connectivity index (χ3v) is 3.72. The maximum Gasteiger partial charge on any atom is 0.165 e. The molecular weight excluding hydrogens is 313 g/mol. The van der Waals surface area contributed by atoms with Crippen LogP contribution in [0.5, 0.6) is 5.75 Å². The Kier molecular flexibility index (Phi) is 4.56. The van der Waals surface area contributed by atoms with E-state index in [9.17, 15) is 13.2 Å². The molecule has 0 aliphatic carbocycles. The van der Waals surface area contributed by atoms with Crippen molar-refractivity contribution in [3.8, 4) is 16.9 Å². The van der Waals surface area contributed by atoms with Gasteiger partial charge in [-0.2, -0.15) is 0 Å². The Bertz CT molecular complexity index is 857. The summed E-state index contributed by atoms with van der Waals surface area (Å²) in [5, 5.41) is 0. The molecule has 24 heavy (non-hydrogen) atoms. The summed E-state index contributed by atoms with van der Waals surface area (Å²) in [5.74, 6) is -1.60. The molecule has 122 valence electrons. The summed E-state index contributed by atoms with van der Waals surface area (Å²) in [6.07, 6.45) is 0. The molecule has 0 saturated carbocycles. The van der Waals surface area contributed by atoms with E-state index in [1.165, 1.54) is 18.2 Å². The molecule has 0 aromatic heterocycles. The van der Waals surface area contributed by atoms with E-state index in [1.54, 1.807) is 30.3 Å². The van der Waals surface area contributed by atoms with Crippen LogP contribution in [0, 0.1) is 24.4 Å². The molecule has 0 aliphatic heterocycles. The van der Waals surface area contributed by atoms with Crippen LogP contribution in [0.3, 0.4) is 0 Å². The molecule has 3 aromatic carbocycles. The molecule has 3 rings (SSSR count). The molecule has 0 amide bonds. The van der Waals surface area contributed by atoms with E-state index in [0.717, 1.165) is 17.2 Å². The van der Waals surface area contributed by atoms with Crippen LogP contribution in [-0.4, -0.2) is 0 Å². The van der Waals surface area contributed by atoms with Crippen molar-refractivity contribution in [2.75, 3.05) is 0 Å². The lowest BCUT2D eigenvalue weighted by Gasteiger charge is -2.09. The van der Waals surface area contributed by atoms with Gasteiger partial charge in [-0.3, -0.25) is 0 Å². The predicted octanol–water partition coefficient (Wildman–Crippen LogP) is 5.66. The van der Waals surface area contributed by atoms with E-state index < -0.39 is 11.6 Å². The molecule has 0 N–H and O–H groups in total. The molecular formula is C20H15F3O. The number of rotatable bonds is 4. The van der Waals surface area contributed by atoms with Crippen molar-refractivity contribution in [2.24, 2.45) is 0 Å². The van der Waals surface area contributed by atoms with Gasteiger partial charge in [0.1, 0.15) is 18.2 Å². The van der Waals surface area contributed by atoms with Crippen molar-refractivity contribution >= 4 is 0 Å². The van der Waals surface area contributed by atoms with Crippen LogP contribution in [0.1, 0.15) is 11.1 Å². The second-order valence-electron chi connectivity index (χ2n) is 5.51. The fraction of sp³-hybridized carbons (Fsp3) is 0.100. The van der Waals surface area contributed by atoms with E-state index in [2.05, 4.69) is 0 Å². The van der Waals surface area contributed by atoms with Crippen molar-refractivity contribution in [1.82, 2.24) is 0 Å². The smallest absolute Gasteiger partial charge is 0.165 e. The molecule has 0 spiro atoms. The largest absolute Gasteiger partial charge is 0.489 e. The summed E-state index contributed by atoms with van der Waals surface area (Å²) in [4.78, 5) is 0. The summed E-state index contributed by atoms with van der Waals surface area (Å²) >= 11 is 0. The highest BCUT2D eigenvalue weighted by Crippen LogP contribution is 2.26. The highest BCUT2D eigenvalue weighted by Gasteiger charge is 2.09. The Morgan fingerprint density at radius 1 is 0.833 bits per heavy atom. The van der Waals surface area contributed by atoms with Gasteiger partial charge < -0.3 is 4.74 Å². The first-order valence-electron chi connectivity index (χ1n) is 7.47. The lowest BCUT2D eigenvalue weighted by Crippen LogP contribution is -2.00. The molecule has 3 aromatic rings. The van der Waals surface area contributed by atoms with Crippen LogP contribution < -0.4 is 4.74 Å². The predicted molar refractivity (Wildman–Crippen MR) is 87.3 cm³/mol. The van der Waals surface area contributed by atoms with Gasteiger partial charge >= 0.3 is 0 Å². The second kappa shape index (κ2) is 6.79. The van der Waals surface area contributed by atoms with E-state index in [1.807, 2.05) is 13.0 Å². The zero-order valence-corrected chi connectivity index (χ0v) is 13.0. The normalized spacial score (nSPS) is 10.7. The van der Waals surface area contributed by atoms with Crippen LogP contribution in [0.4, 0.5) is 13.2 Å². The van der Waals surface area contributed by atoms with Gasteiger partial charge in [-0.15, -0.1) is 0 Å². The molecule has 0 heterocycles. The van der Waals surface area contributed by atoms with Crippen LogP contribution >= 0.6 is 0 Å². The first-order valence-corrected chi connectivity index (χ1v) is 7.47. The molecule has 0 atom stereocenters. The van der Waals surface area contributed by atoms with Crippen molar-refractivity contribution in [1.29, 1.82) is 0 Å². The van der Waals surface area contributed by atoms with Gasteiger partial charge in [0.05, 0.1) is 0 Å². The Morgan fingerprint density at radius 3 is 2.29 bits per heavy atom. The van der Waals surface area contributed by atoms with Crippen LogP contribution in [-0.2, 0) is 6.61 Å². The first kappa shape index (κ1) is 16.1. The highest BCUT2D eigenvalue weighted by molar-refractivity contribution is 5.65. The maximum atomic E-state index is 14.0. The van der Waals surface area contributed by atoms with Crippen molar-refractivity contribution in [2.45, 2.75) is 13.5 Å². The zero-order chi connectivity index (χ0) is 17.1. The van der Waals surface area contributed by atoms with E-state index in [-0.39, 0.29) is 18.0 Å². The fourth-order valence-electron chi connectivity index (χ4n) is 2.41. The monoisotopic (exact) mass is 328 g/mol. The lowest BCUT2D eigenvalue weighted by molar-refractivity contribution is 0.297. The first-order chi connectivity index (χ1) is 11.5. The number of ether oxygens (including phenoxy) is 1. The summed E-state index contributed by atoms with van der Waals surface area (Å²) < 4.78 is 46.2. The SMILES string of the molecule is Cc1ccc(-c2ccc(OCc3cccc(F)c3F)cc2)c(F)c1. The average molecular weight is 328 g/mol. The van der Waals surface area contributed by atoms with Crippen LogP contribution in [0.15, 0.2) is 60.7 Å². The lowest BCUT2D eigenvalue weighted by atomic mass is 10.0. The Hall–Kier alpha value is -2.75. The Balaban J connectivity index is 1.74. The summed E-state index contributed by atoms with van der Waals surface area (Å²) in [7, 11) is 0. The van der Waals surface area contributed by atoms with Gasteiger partial charge in [-0.05, 0) is 42.3 Å². The quantitative estimate of drug-likeness (QED) is 0.600.